The average molecular weight is 409 g/mol. The minimum atomic E-state index is -0.748. The molecule has 5 nitrogen and oxygen atoms in total. The molecule has 0 spiro atoms. The van der Waals surface area contributed by atoms with E-state index >= 15 is 0 Å². The molecule has 4 saturated carbocycles. The Labute approximate surface area is 174 Å². The quantitative estimate of drug-likeness (QED) is 0.571. The summed E-state index contributed by atoms with van der Waals surface area (Å²) in [6.07, 6.45) is 5.87. The van der Waals surface area contributed by atoms with Gasteiger partial charge in [-0.1, -0.05) is 20.8 Å². The number of aliphatic hydroxyl groups excluding tert-OH is 3. The Hall–Kier alpha value is -0.650. The van der Waals surface area contributed by atoms with Crippen LogP contribution in [-0.4, -0.2) is 44.7 Å². The first kappa shape index (κ1) is 21.6. The van der Waals surface area contributed by atoms with Crippen LogP contribution in [0.1, 0.15) is 78.6 Å². The van der Waals surface area contributed by atoms with Crippen LogP contribution >= 0.6 is 0 Å². The summed E-state index contributed by atoms with van der Waals surface area (Å²) < 4.78 is 0. The van der Waals surface area contributed by atoms with Crippen LogP contribution in [-0.2, 0) is 4.79 Å². The highest BCUT2D eigenvalue weighted by atomic mass is 16.4. The van der Waals surface area contributed by atoms with Gasteiger partial charge in [0.15, 0.2) is 0 Å². The molecule has 4 aliphatic rings. The molecule has 0 aromatic heterocycles. The SMILES string of the molecule is C[C@H](CCC(=O)O)[C@H]1CC[C@H]2[C@@H]3[C@H](O)[C@H](O)[C@@H]4CC(O)CC[C@]4(C)[C@H]3CC[C@]12C. The molecule has 4 rings (SSSR count). The Morgan fingerprint density at radius 2 is 1.59 bits per heavy atom. The van der Waals surface area contributed by atoms with E-state index < -0.39 is 18.2 Å². The first-order valence-corrected chi connectivity index (χ1v) is 11.9. The standard InChI is InChI=1S/C24H40O5/c1-13(4-7-19(26)27)15-5-6-16-20-17(9-11-23(15,16)2)24(3)10-8-14(25)12-18(24)21(28)22(20)29/h13-18,20-22,25,28-29H,4-12H2,1-3H3,(H,26,27)/t13-,14?,15-,16+,17+,18+,20+,21-,22+,23-,24-/m1/s1. The molecular formula is C24H40O5. The second-order valence-electron chi connectivity index (χ2n) is 11.5. The van der Waals surface area contributed by atoms with Gasteiger partial charge < -0.3 is 20.4 Å². The number of fused-ring (bicyclic) bond motifs is 5. The maximum absolute atomic E-state index is 11.3. The number of hydrogen-bond acceptors (Lipinski definition) is 4. The second-order valence-corrected chi connectivity index (χ2v) is 11.5. The van der Waals surface area contributed by atoms with Gasteiger partial charge >= 0.3 is 5.97 Å². The largest absolute Gasteiger partial charge is 0.481 e. The molecule has 11 atom stereocenters. The topological polar surface area (TPSA) is 98.0 Å². The molecule has 0 aliphatic heterocycles. The van der Waals surface area contributed by atoms with Crippen molar-refractivity contribution < 1.29 is 25.2 Å². The summed E-state index contributed by atoms with van der Waals surface area (Å²) in [5, 5.41) is 41.7. The lowest BCUT2D eigenvalue weighted by molar-refractivity contribution is -0.223. The summed E-state index contributed by atoms with van der Waals surface area (Å²) in [7, 11) is 0. The average Bonchev–Trinajstić information content (AvgIpc) is 3.02. The van der Waals surface area contributed by atoms with Crippen LogP contribution in [0.3, 0.4) is 0 Å². The predicted molar refractivity (Wildman–Crippen MR) is 110 cm³/mol. The fourth-order valence-corrected chi connectivity index (χ4v) is 8.77. The molecule has 0 bridgehead atoms. The van der Waals surface area contributed by atoms with Gasteiger partial charge in [-0.15, -0.1) is 0 Å². The van der Waals surface area contributed by atoms with Crippen LogP contribution in [0.4, 0.5) is 0 Å². The number of rotatable bonds is 4. The lowest BCUT2D eigenvalue weighted by Gasteiger charge is -2.63. The number of aliphatic carboxylic acids is 1. The van der Waals surface area contributed by atoms with Gasteiger partial charge in [0.2, 0.25) is 0 Å². The third-order valence-corrected chi connectivity index (χ3v) is 10.3. The van der Waals surface area contributed by atoms with Crippen molar-refractivity contribution in [1.82, 2.24) is 0 Å². The fourth-order valence-electron chi connectivity index (χ4n) is 8.77. The van der Waals surface area contributed by atoms with E-state index in [4.69, 9.17) is 5.11 Å². The Morgan fingerprint density at radius 3 is 2.28 bits per heavy atom. The molecule has 0 saturated heterocycles. The van der Waals surface area contributed by atoms with E-state index in [1.807, 2.05) is 0 Å². The molecule has 1 unspecified atom stereocenters. The van der Waals surface area contributed by atoms with Crippen molar-refractivity contribution in [1.29, 1.82) is 0 Å². The van der Waals surface area contributed by atoms with Crippen molar-refractivity contribution >= 4 is 5.97 Å². The van der Waals surface area contributed by atoms with Gasteiger partial charge in [-0.05, 0) is 97.7 Å². The molecular weight excluding hydrogens is 368 g/mol. The first-order chi connectivity index (χ1) is 13.6. The van der Waals surface area contributed by atoms with Crippen molar-refractivity contribution in [3.8, 4) is 0 Å². The predicted octanol–water partition coefficient (Wildman–Crippen LogP) is 3.45. The van der Waals surface area contributed by atoms with Crippen LogP contribution in [0.25, 0.3) is 0 Å². The van der Waals surface area contributed by atoms with E-state index in [-0.39, 0.29) is 35.2 Å². The highest BCUT2D eigenvalue weighted by Gasteiger charge is 2.65. The molecule has 0 radical (unpaired) electrons. The number of carboxylic acid groups (broad SMARTS) is 1. The van der Waals surface area contributed by atoms with Crippen molar-refractivity contribution in [3.05, 3.63) is 0 Å². The summed E-state index contributed by atoms with van der Waals surface area (Å²) in [6.45, 7) is 6.89. The van der Waals surface area contributed by atoms with Crippen LogP contribution in [0.5, 0.6) is 0 Å². The van der Waals surface area contributed by atoms with E-state index in [1.54, 1.807) is 0 Å². The molecule has 166 valence electrons. The van der Waals surface area contributed by atoms with E-state index in [9.17, 15) is 20.1 Å². The van der Waals surface area contributed by atoms with E-state index in [0.717, 1.165) is 44.9 Å². The summed E-state index contributed by atoms with van der Waals surface area (Å²) in [4.78, 5) is 11.1. The Morgan fingerprint density at radius 1 is 0.931 bits per heavy atom. The zero-order chi connectivity index (χ0) is 21.1. The van der Waals surface area contributed by atoms with Gasteiger partial charge in [0.05, 0.1) is 18.3 Å². The lowest BCUT2D eigenvalue weighted by atomic mass is 9.43. The molecule has 4 fully saturated rings. The van der Waals surface area contributed by atoms with Gasteiger partial charge in [0.1, 0.15) is 0 Å². The monoisotopic (exact) mass is 408 g/mol. The second kappa shape index (κ2) is 7.49. The van der Waals surface area contributed by atoms with Crippen LogP contribution < -0.4 is 0 Å². The fraction of sp³-hybridized carbons (Fsp3) is 0.958. The maximum atomic E-state index is 11.3. The van der Waals surface area contributed by atoms with E-state index in [1.165, 1.54) is 0 Å². The van der Waals surface area contributed by atoms with Crippen molar-refractivity contribution in [2.24, 2.45) is 46.3 Å². The molecule has 0 heterocycles. The van der Waals surface area contributed by atoms with Gasteiger partial charge in [-0.2, -0.15) is 0 Å². The van der Waals surface area contributed by atoms with Crippen molar-refractivity contribution in [2.75, 3.05) is 0 Å². The van der Waals surface area contributed by atoms with Crippen LogP contribution in [0, 0.1) is 46.3 Å². The molecule has 0 amide bonds. The van der Waals surface area contributed by atoms with Crippen LogP contribution in [0.2, 0.25) is 0 Å². The minimum absolute atomic E-state index is 0.00309. The number of carboxylic acids is 1. The van der Waals surface area contributed by atoms with E-state index in [2.05, 4.69) is 20.8 Å². The maximum Gasteiger partial charge on any atom is 0.303 e. The highest BCUT2D eigenvalue weighted by molar-refractivity contribution is 5.66. The van der Waals surface area contributed by atoms with Crippen LogP contribution in [0.15, 0.2) is 0 Å². The molecule has 29 heavy (non-hydrogen) atoms. The van der Waals surface area contributed by atoms with Gasteiger partial charge in [0, 0.05) is 6.42 Å². The van der Waals surface area contributed by atoms with Gasteiger partial charge in [-0.3, -0.25) is 4.79 Å². The third kappa shape index (κ3) is 3.27. The number of carbonyl (C=O) groups is 1. The lowest BCUT2D eigenvalue weighted by Crippen LogP contribution is -2.64. The highest BCUT2D eigenvalue weighted by Crippen LogP contribution is 2.68. The van der Waals surface area contributed by atoms with E-state index in [0.29, 0.717) is 30.1 Å². The van der Waals surface area contributed by atoms with Gasteiger partial charge in [0.25, 0.3) is 0 Å². The minimum Gasteiger partial charge on any atom is -0.481 e. The van der Waals surface area contributed by atoms with Crippen molar-refractivity contribution in [3.63, 3.8) is 0 Å². The number of hydrogen-bond donors (Lipinski definition) is 4. The number of aliphatic hydroxyl groups is 3. The van der Waals surface area contributed by atoms with Gasteiger partial charge in [-0.25, -0.2) is 0 Å². The molecule has 0 aromatic carbocycles. The summed E-state index contributed by atoms with van der Waals surface area (Å²) in [5.74, 6) is 1.06. The summed E-state index contributed by atoms with van der Waals surface area (Å²) in [6, 6.07) is 0. The summed E-state index contributed by atoms with van der Waals surface area (Å²) >= 11 is 0. The Balaban J connectivity index is 1.59. The zero-order valence-electron chi connectivity index (χ0n) is 18.3. The Bertz CT molecular complexity index is 637. The molecule has 4 N–H and O–H groups in total. The van der Waals surface area contributed by atoms with Crippen molar-refractivity contribution in [2.45, 2.75) is 96.9 Å². The molecule has 0 aromatic rings. The summed E-state index contributed by atoms with van der Waals surface area (Å²) in [5.41, 5.74) is 0.119. The smallest absolute Gasteiger partial charge is 0.303 e. The normalized spacial score (nSPS) is 52.9. The Kier molecular flexibility index (Phi) is 5.57. The third-order valence-electron chi connectivity index (χ3n) is 10.3. The first-order valence-electron chi connectivity index (χ1n) is 11.9. The molecule has 5 heteroatoms. The zero-order valence-corrected chi connectivity index (χ0v) is 18.3. The molecule has 4 aliphatic carbocycles.